The van der Waals surface area contributed by atoms with Crippen LogP contribution >= 0.6 is 0 Å². The van der Waals surface area contributed by atoms with E-state index in [1.54, 1.807) is 0 Å². The van der Waals surface area contributed by atoms with Crippen LogP contribution in [0.15, 0.2) is 18.2 Å². The predicted molar refractivity (Wildman–Crippen MR) is 54.9 cm³/mol. The topological polar surface area (TPSA) is 66.8 Å². The number of ether oxygens (including phenoxy) is 1. The van der Waals surface area contributed by atoms with Crippen LogP contribution in [0.2, 0.25) is 0 Å². The van der Waals surface area contributed by atoms with E-state index in [2.05, 4.69) is 0 Å². The molecule has 96 valence electrons. The van der Waals surface area contributed by atoms with E-state index in [4.69, 9.17) is 9.84 Å². The number of amides is 2. The monoisotopic (exact) mass is 257 g/mol. The maximum atomic E-state index is 13.1. The van der Waals surface area contributed by atoms with Gasteiger partial charge in [-0.1, -0.05) is 6.07 Å². The number of nitrogens with zero attached hydrogens (tertiary/aromatic N) is 1. The Balaban J connectivity index is 2.43. The minimum atomic E-state index is -1.50. The summed E-state index contributed by atoms with van der Waals surface area (Å²) >= 11 is 0. The molecule has 7 heteroatoms. The van der Waals surface area contributed by atoms with E-state index >= 15 is 0 Å². The molecule has 0 aliphatic carbocycles. The lowest BCUT2D eigenvalue weighted by Gasteiger charge is -2.19. The normalized spacial score (nSPS) is 23.1. The summed E-state index contributed by atoms with van der Waals surface area (Å²) in [4.78, 5) is 22.7. The summed E-state index contributed by atoms with van der Waals surface area (Å²) in [6, 6.07) is 1.97. The standard InChI is InChI=1S/C11H9F2NO4/c1-5-9(14(10(15)16)11(17)18-5)6-2-3-7(12)8(13)4-6/h2-5,9H,1H3,(H,15,16)/t5-,9+/m0/s1. The zero-order valence-corrected chi connectivity index (χ0v) is 9.26. The van der Waals surface area contributed by atoms with Crippen LogP contribution in [0.1, 0.15) is 18.5 Å². The van der Waals surface area contributed by atoms with Gasteiger partial charge >= 0.3 is 12.2 Å². The summed E-state index contributed by atoms with van der Waals surface area (Å²) in [5.74, 6) is -2.15. The number of rotatable bonds is 1. The Labute approximate surface area is 101 Å². The summed E-state index contributed by atoms with van der Waals surface area (Å²) < 4.78 is 30.7. The first-order valence-corrected chi connectivity index (χ1v) is 5.09. The van der Waals surface area contributed by atoms with E-state index < -0.39 is 36.0 Å². The largest absolute Gasteiger partial charge is 0.465 e. The quantitative estimate of drug-likeness (QED) is 0.839. The molecular formula is C11H9F2NO4. The van der Waals surface area contributed by atoms with Crippen LogP contribution in [0.25, 0.3) is 0 Å². The van der Waals surface area contributed by atoms with Gasteiger partial charge in [-0.05, 0) is 24.6 Å². The number of imide groups is 1. The summed E-state index contributed by atoms with van der Waals surface area (Å²) in [6.07, 6.45) is -3.29. The van der Waals surface area contributed by atoms with Gasteiger partial charge in [0.15, 0.2) is 11.6 Å². The fourth-order valence-corrected chi connectivity index (χ4v) is 1.92. The second-order valence-corrected chi connectivity index (χ2v) is 3.86. The molecule has 0 radical (unpaired) electrons. The number of hydrogen-bond donors (Lipinski definition) is 1. The number of benzene rings is 1. The highest BCUT2D eigenvalue weighted by Crippen LogP contribution is 2.33. The van der Waals surface area contributed by atoms with Gasteiger partial charge in [0.05, 0.1) is 0 Å². The lowest BCUT2D eigenvalue weighted by molar-refractivity contribution is 0.131. The zero-order valence-electron chi connectivity index (χ0n) is 9.26. The molecule has 1 aromatic carbocycles. The Hall–Kier alpha value is -2.18. The number of cyclic esters (lactones) is 1. The molecule has 0 saturated carbocycles. The van der Waals surface area contributed by atoms with E-state index in [1.807, 2.05) is 0 Å². The van der Waals surface area contributed by atoms with E-state index in [-0.39, 0.29) is 5.56 Å². The molecule has 1 heterocycles. The third-order valence-electron chi connectivity index (χ3n) is 2.70. The van der Waals surface area contributed by atoms with Crippen LogP contribution in [-0.4, -0.2) is 28.3 Å². The summed E-state index contributed by atoms with van der Waals surface area (Å²) in [7, 11) is 0. The maximum absolute atomic E-state index is 13.1. The fraction of sp³-hybridized carbons (Fsp3) is 0.273. The number of halogens is 2. The molecule has 1 aliphatic heterocycles. The molecule has 0 unspecified atom stereocenters. The first-order chi connectivity index (χ1) is 8.41. The van der Waals surface area contributed by atoms with Crippen LogP contribution in [0.3, 0.4) is 0 Å². The van der Waals surface area contributed by atoms with Gasteiger partial charge in [-0.15, -0.1) is 0 Å². The first kappa shape index (κ1) is 12.3. The highest BCUT2D eigenvalue weighted by atomic mass is 19.2. The number of hydrogen-bond acceptors (Lipinski definition) is 3. The van der Waals surface area contributed by atoms with E-state index in [9.17, 15) is 18.4 Å². The van der Waals surface area contributed by atoms with Crippen molar-refractivity contribution in [1.29, 1.82) is 0 Å². The molecular weight excluding hydrogens is 248 g/mol. The lowest BCUT2D eigenvalue weighted by atomic mass is 10.0. The van der Waals surface area contributed by atoms with Gasteiger partial charge in [0.2, 0.25) is 0 Å². The molecule has 0 bridgehead atoms. The molecule has 1 aromatic rings. The lowest BCUT2D eigenvalue weighted by Crippen LogP contribution is -2.33. The first-order valence-electron chi connectivity index (χ1n) is 5.09. The molecule has 1 aliphatic rings. The minimum absolute atomic E-state index is 0.162. The van der Waals surface area contributed by atoms with Crippen molar-refractivity contribution in [3.63, 3.8) is 0 Å². The molecule has 0 aromatic heterocycles. The zero-order chi connectivity index (χ0) is 13.4. The van der Waals surface area contributed by atoms with Gasteiger partial charge in [0.1, 0.15) is 12.1 Å². The summed E-state index contributed by atoms with van der Waals surface area (Å²) in [5.41, 5.74) is 0.162. The van der Waals surface area contributed by atoms with Crippen LogP contribution in [0, 0.1) is 11.6 Å². The molecule has 18 heavy (non-hydrogen) atoms. The predicted octanol–water partition coefficient (Wildman–Crippen LogP) is 2.52. The third-order valence-corrected chi connectivity index (χ3v) is 2.70. The number of carboxylic acid groups (broad SMARTS) is 1. The van der Waals surface area contributed by atoms with Gasteiger partial charge in [0.25, 0.3) is 0 Å². The van der Waals surface area contributed by atoms with Crippen molar-refractivity contribution in [2.24, 2.45) is 0 Å². The van der Waals surface area contributed by atoms with Gasteiger partial charge in [-0.2, -0.15) is 0 Å². The van der Waals surface area contributed by atoms with Gasteiger partial charge in [0, 0.05) is 0 Å². The van der Waals surface area contributed by atoms with Crippen molar-refractivity contribution in [3.8, 4) is 0 Å². The second kappa shape index (κ2) is 4.25. The molecule has 2 rings (SSSR count). The molecule has 1 saturated heterocycles. The van der Waals surface area contributed by atoms with Crippen molar-refractivity contribution in [2.75, 3.05) is 0 Å². The van der Waals surface area contributed by atoms with Crippen LogP contribution in [0.4, 0.5) is 18.4 Å². The van der Waals surface area contributed by atoms with E-state index in [0.29, 0.717) is 4.90 Å². The maximum Gasteiger partial charge on any atom is 0.420 e. The van der Waals surface area contributed by atoms with Crippen molar-refractivity contribution in [2.45, 2.75) is 19.1 Å². The van der Waals surface area contributed by atoms with Crippen LogP contribution in [-0.2, 0) is 4.74 Å². The average molecular weight is 257 g/mol. The van der Waals surface area contributed by atoms with Gasteiger partial charge in [-0.25, -0.2) is 23.3 Å². The number of carbonyl (C=O) groups excluding carboxylic acids is 1. The third kappa shape index (κ3) is 1.87. The van der Waals surface area contributed by atoms with Gasteiger partial charge < -0.3 is 9.84 Å². The SMILES string of the molecule is C[C@@H]1OC(=O)N(C(=O)O)[C@H]1c1ccc(F)c(F)c1. The highest BCUT2D eigenvalue weighted by Gasteiger charge is 2.44. The average Bonchev–Trinajstić information content (AvgIpc) is 2.57. The van der Waals surface area contributed by atoms with Crippen molar-refractivity contribution in [1.82, 2.24) is 4.90 Å². The van der Waals surface area contributed by atoms with E-state index in [1.165, 1.54) is 13.0 Å². The fourth-order valence-electron chi connectivity index (χ4n) is 1.92. The van der Waals surface area contributed by atoms with Crippen molar-refractivity contribution in [3.05, 3.63) is 35.4 Å². The van der Waals surface area contributed by atoms with Crippen molar-refractivity contribution < 1.29 is 28.2 Å². The minimum Gasteiger partial charge on any atom is -0.465 e. The number of carbonyl (C=O) groups is 2. The Bertz CT molecular complexity index is 520. The summed E-state index contributed by atoms with van der Waals surface area (Å²) in [5, 5.41) is 8.91. The molecule has 5 nitrogen and oxygen atoms in total. The summed E-state index contributed by atoms with van der Waals surface area (Å²) in [6.45, 7) is 1.48. The van der Waals surface area contributed by atoms with Gasteiger partial charge in [-0.3, -0.25) is 0 Å². The van der Waals surface area contributed by atoms with E-state index in [0.717, 1.165) is 12.1 Å². The van der Waals surface area contributed by atoms with Crippen molar-refractivity contribution >= 4 is 12.2 Å². The molecule has 2 atom stereocenters. The second-order valence-electron chi connectivity index (χ2n) is 3.86. The Morgan fingerprint density at radius 2 is 2.06 bits per heavy atom. The van der Waals surface area contributed by atoms with Crippen LogP contribution in [0.5, 0.6) is 0 Å². The smallest absolute Gasteiger partial charge is 0.420 e. The Morgan fingerprint density at radius 3 is 2.61 bits per heavy atom. The molecule has 1 fully saturated rings. The molecule has 0 spiro atoms. The molecule has 1 N–H and O–H groups in total. The Kier molecular flexibility index (Phi) is 2.90. The molecule has 2 amide bonds. The Morgan fingerprint density at radius 1 is 1.39 bits per heavy atom. The van der Waals surface area contributed by atoms with Crippen LogP contribution < -0.4 is 0 Å². The highest BCUT2D eigenvalue weighted by molar-refractivity contribution is 5.89.